The summed E-state index contributed by atoms with van der Waals surface area (Å²) in [5.41, 5.74) is 5.42. The summed E-state index contributed by atoms with van der Waals surface area (Å²) in [6.07, 6.45) is 4.27. The Kier molecular flexibility index (Phi) is 5.33. The monoisotopic (exact) mass is 451 g/mol. The van der Waals surface area contributed by atoms with Crippen LogP contribution in [0.3, 0.4) is 0 Å². The Labute approximate surface area is 201 Å². The number of hydrogen-bond acceptors (Lipinski definition) is 2. The number of rotatable bonds is 4. The smallest absolute Gasteiger partial charge is 0.0880 e. The summed E-state index contributed by atoms with van der Waals surface area (Å²) in [7, 11) is 0. The van der Waals surface area contributed by atoms with Crippen molar-refractivity contribution in [2.24, 2.45) is 0 Å². The summed E-state index contributed by atoms with van der Waals surface area (Å²) in [4.78, 5) is 4.94. The Bertz CT molecular complexity index is 1480. The SMILES string of the molecule is CCC(C)(CC)c1cccc2c1sc1c(-c3cc(C(C)(C)C)c4ccccc4c3)nccc12. The number of pyridine rings is 1. The maximum atomic E-state index is 4.94. The van der Waals surface area contributed by atoms with Gasteiger partial charge in [0.2, 0.25) is 0 Å². The van der Waals surface area contributed by atoms with Crippen LogP contribution < -0.4 is 0 Å². The molecule has 5 aromatic rings. The molecule has 0 bridgehead atoms. The molecule has 5 rings (SSSR count). The van der Waals surface area contributed by atoms with E-state index in [-0.39, 0.29) is 10.8 Å². The second kappa shape index (κ2) is 7.95. The summed E-state index contributed by atoms with van der Waals surface area (Å²) >= 11 is 1.92. The molecule has 0 fully saturated rings. The third kappa shape index (κ3) is 3.56. The van der Waals surface area contributed by atoms with Crippen molar-refractivity contribution in [1.82, 2.24) is 4.98 Å². The van der Waals surface area contributed by atoms with Gasteiger partial charge in [0.05, 0.1) is 10.4 Å². The van der Waals surface area contributed by atoms with Crippen molar-refractivity contribution in [3.8, 4) is 11.3 Å². The minimum Gasteiger partial charge on any atom is -0.255 e. The maximum Gasteiger partial charge on any atom is 0.0880 e. The average Bonchev–Trinajstić information content (AvgIpc) is 3.21. The van der Waals surface area contributed by atoms with E-state index in [2.05, 4.69) is 102 Å². The standard InChI is InChI=1S/C31H33NS/c1-7-31(6,8-2)25-15-11-14-23-24-16-17-32-27(29(24)33-28(23)25)21-18-20-12-9-10-13-22(20)26(19-21)30(3,4)5/h9-19H,7-8H2,1-6H3. The van der Waals surface area contributed by atoms with Crippen LogP contribution in [-0.4, -0.2) is 4.98 Å². The molecule has 0 spiro atoms. The predicted octanol–water partition coefficient (Wildman–Crippen LogP) is 9.64. The number of fused-ring (bicyclic) bond motifs is 4. The topological polar surface area (TPSA) is 12.9 Å². The van der Waals surface area contributed by atoms with Crippen molar-refractivity contribution in [3.05, 3.63) is 78.0 Å². The molecule has 0 amide bonds. The van der Waals surface area contributed by atoms with Crippen molar-refractivity contribution in [2.75, 3.05) is 0 Å². The lowest BCUT2D eigenvalue weighted by atomic mass is 9.77. The van der Waals surface area contributed by atoms with Crippen LogP contribution in [0.5, 0.6) is 0 Å². The lowest BCUT2D eigenvalue weighted by Crippen LogP contribution is -2.19. The molecular weight excluding hydrogens is 418 g/mol. The highest BCUT2D eigenvalue weighted by Crippen LogP contribution is 2.45. The van der Waals surface area contributed by atoms with Crippen LogP contribution in [0.4, 0.5) is 0 Å². The Morgan fingerprint density at radius 3 is 2.15 bits per heavy atom. The highest BCUT2D eigenvalue weighted by atomic mass is 32.1. The van der Waals surface area contributed by atoms with Crippen molar-refractivity contribution < 1.29 is 0 Å². The minimum absolute atomic E-state index is 0.0565. The Morgan fingerprint density at radius 1 is 0.727 bits per heavy atom. The zero-order valence-corrected chi connectivity index (χ0v) is 21.4. The zero-order chi connectivity index (χ0) is 23.4. The second-order valence-electron chi connectivity index (χ2n) is 10.6. The molecule has 0 unspecified atom stereocenters. The maximum absolute atomic E-state index is 4.94. The predicted molar refractivity (Wildman–Crippen MR) is 147 cm³/mol. The van der Waals surface area contributed by atoms with Crippen molar-refractivity contribution in [2.45, 2.75) is 65.2 Å². The molecule has 2 heteroatoms. The van der Waals surface area contributed by atoms with Gasteiger partial charge >= 0.3 is 0 Å². The van der Waals surface area contributed by atoms with Crippen LogP contribution in [0.1, 0.15) is 65.5 Å². The van der Waals surface area contributed by atoms with Gasteiger partial charge in [-0.1, -0.05) is 84.0 Å². The van der Waals surface area contributed by atoms with Gasteiger partial charge < -0.3 is 0 Å². The number of nitrogens with zero attached hydrogens (tertiary/aromatic N) is 1. The average molecular weight is 452 g/mol. The molecule has 0 aliphatic rings. The van der Waals surface area contributed by atoms with Gasteiger partial charge in [-0.05, 0) is 63.8 Å². The normalized spacial score (nSPS) is 12.8. The minimum atomic E-state index is 0.0565. The van der Waals surface area contributed by atoms with E-state index in [4.69, 9.17) is 4.98 Å². The molecule has 0 aliphatic carbocycles. The van der Waals surface area contributed by atoms with Crippen molar-refractivity contribution in [1.29, 1.82) is 0 Å². The van der Waals surface area contributed by atoms with E-state index in [9.17, 15) is 0 Å². The Balaban J connectivity index is 1.83. The lowest BCUT2D eigenvalue weighted by molar-refractivity contribution is 0.443. The summed E-state index contributed by atoms with van der Waals surface area (Å²) in [6.45, 7) is 13.9. The molecule has 168 valence electrons. The molecule has 3 aromatic carbocycles. The van der Waals surface area contributed by atoms with Crippen LogP contribution in [0.15, 0.2) is 66.9 Å². The van der Waals surface area contributed by atoms with Gasteiger partial charge in [0, 0.05) is 27.2 Å². The number of benzene rings is 3. The van der Waals surface area contributed by atoms with E-state index >= 15 is 0 Å². The fraction of sp³-hybridized carbons (Fsp3) is 0.323. The summed E-state index contributed by atoms with van der Waals surface area (Å²) in [5, 5.41) is 5.30. The highest BCUT2D eigenvalue weighted by molar-refractivity contribution is 7.26. The Hall–Kier alpha value is -2.71. The third-order valence-electron chi connectivity index (χ3n) is 7.57. The van der Waals surface area contributed by atoms with Gasteiger partial charge in [-0.15, -0.1) is 11.3 Å². The molecule has 0 saturated heterocycles. The van der Waals surface area contributed by atoms with Crippen LogP contribution >= 0.6 is 11.3 Å². The lowest BCUT2D eigenvalue weighted by Gasteiger charge is -2.28. The van der Waals surface area contributed by atoms with E-state index in [0.29, 0.717) is 0 Å². The van der Waals surface area contributed by atoms with Crippen molar-refractivity contribution in [3.63, 3.8) is 0 Å². The molecule has 0 aliphatic heterocycles. The van der Waals surface area contributed by atoms with Crippen molar-refractivity contribution >= 4 is 42.3 Å². The van der Waals surface area contributed by atoms with E-state index < -0.39 is 0 Å². The summed E-state index contributed by atoms with van der Waals surface area (Å²) in [5.74, 6) is 0. The van der Waals surface area contributed by atoms with E-state index in [1.54, 1.807) is 0 Å². The number of aromatic nitrogens is 1. The summed E-state index contributed by atoms with van der Waals surface area (Å²) < 4.78 is 2.72. The first kappa shape index (κ1) is 22.1. The van der Waals surface area contributed by atoms with E-state index in [0.717, 1.165) is 18.5 Å². The van der Waals surface area contributed by atoms with Crippen LogP contribution in [0.25, 0.3) is 42.2 Å². The van der Waals surface area contributed by atoms with Gasteiger partial charge in [-0.2, -0.15) is 0 Å². The van der Waals surface area contributed by atoms with Gasteiger partial charge in [0.25, 0.3) is 0 Å². The van der Waals surface area contributed by atoms with Crippen LogP contribution in [0.2, 0.25) is 0 Å². The fourth-order valence-electron chi connectivity index (χ4n) is 5.10. The van der Waals surface area contributed by atoms with E-state index in [1.807, 2.05) is 17.5 Å². The highest BCUT2D eigenvalue weighted by Gasteiger charge is 2.26. The molecular formula is C31H33NS. The van der Waals surface area contributed by atoms with Gasteiger partial charge in [-0.25, -0.2) is 0 Å². The van der Waals surface area contributed by atoms with E-state index in [1.165, 1.54) is 47.6 Å². The van der Waals surface area contributed by atoms with Crippen LogP contribution in [0, 0.1) is 0 Å². The van der Waals surface area contributed by atoms with Gasteiger partial charge in [-0.3, -0.25) is 4.98 Å². The molecule has 1 nitrogen and oxygen atoms in total. The zero-order valence-electron chi connectivity index (χ0n) is 20.6. The molecule has 33 heavy (non-hydrogen) atoms. The molecule has 0 radical (unpaired) electrons. The fourth-order valence-corrected chi connectivity index (χ4v) is 6.58. The quantitative estimate of drug-likeness (QED) is 0.265. The first-order valence-corrected chi connectivity index (χ1v) is 12.9. The first-order valence-electron chi connectivity index (χ1n) is 12.1. The van der Waals surface area contributed by atoms with Gasteiger partial charge in [0.1, 0.15) is 0 Å². The Morgan fingerprint density at radius 2 is 1.42 bits per heavy atom. The largest absolute Gasteiger partial charge is 0.255 e. The first-order chi connectivity index (χ1) is 15.8. The molecule has 2 heterocycles. The number of hydrogen-bond donors (Lipinski definition) is 0. The van der Waals surface area contributed by atoms with Crippen LogP contribution in [-0.2, 0) is 10.8 Å². The molecule has 0 atom stereocenters. The molecule has 2 aromatic heterocycles. The van der Waals surface area contributed by atoms with Gasteiger partial charge in [0.15, 0.2) is 0 Å². The molecule has 0 saturated carbocycles. The molecule has 0 N–H and O–H groups in total. The third-order valence-corrected chi connectivity index (χ3v) is 8.83. The summed E-state index contributed by atoms with van der Waals surface area (Å²) in [6, 6.07) is 22.5. The number of thiophene rings is 1. The second-order valence-corrected chi connectivity index (χ2v) is 11.6.